The average molecular weight is 368 g/mol. The van der Waals surface area contributed by atoms with Gasteiger partial charge in [0.1, 0.15) is 5.69 Å². The number of esters is 1. The number of ether oxygens (including phenoxy) is 1. The molecule has 0 saturated carbocycles. The number of hydrogen-bond donors (Lipinski definition) is 2. The number of carbonyl (C=O) groups excluding carboxylic acids is 2. The predicted molar refractivity (Wildman–Crippen MR) is 94.7 cm³/mol. The van der Waals surface area contributed by atoms with E-state index < -0.39 is 11.2 Å². The third-order valence-electron chi connectivity index (χ3n) is 3.14. The third-order valence-corrected chi connectivity index (χ3v) is 4.55. The number of aromatic amines is 1. The summed E-state index contributed by atoms with van der Waals surface area (Å²) in [6, 6.07) is 5.34. The number of H-pyrrole nitrogens is 1. The predicted octanol–water partition coefficient (Wildman–Crippen LogP) is 3.67. The number of thioether (sulfide) groups is 1. The van der Waals surface area contributed by atoms with Gasteiger partial charge in [-0.15, -0.1) is 0 Å². The summed E-state index contributed by atoms with van der Waals surface area (Å²) in [6.07, 6.45) is 1.39. The smallest absolute Gasteiger partial charge is 0.356 e. The highest BCUT2D eigenvalue weighted by Crippen LogP contribution is 2.23. The normalized spacial score (nSPS) is 11.8. The molecule has 0 radical (unpaired) electrons. The fourth-order valence-electron chi connectivity index (χ4n) is 1.81. The van der Waals surface area contributed by atoms with Gasteiger partial charge < -0.3 is 15.0 Å². The van der Waals surface area contributed by atoms with Gasteiger partial charge in [-0.3, -0.25) is 4.79 Å². The van der Waals surface area contributed by atoms with Gasteiger partial charge in [-0.2, -0.15) is 0 Å². The highest BCUT2D eigenvalue weighted by atomic mass is 35.5. The summed E-state index contributed by atoms with van der Waals surface area (Å²) < 4.78 is 4.88. The maximum atomic E-state index is 12.2. The van der Waals surface area contributed by atoms with E-state index in [1.807, 2.05) is 13.0 Å². The molecule has 1 heterocycles. The highest BCUT2D eigenvalue weighted by Gasteiger charge is 2.18. The van der Waals surface area contributed by atoms with Crippen LogP contribution in [0.2, 0.25) is 5.02 Å². The summed E-state index contributed by atoms with van der Waals surface area (Å²) in [5.41, 5.74) is 1.84. The number of benzene rings is 1. The molecule has 24 heavy (non-hydrogen) atoms. The molecule has 0 aliphatic carbocycles. The molecule has 1 amide bonds. The van der Waals surface area contributed by atoms with Crippen molar-refractivity contribution < 1.29 is 14.3 Å². The number of amides is 1. The largest absolute Gasteiger partial charge is 0.461 e. The number of aryl methyl sites for hydroxylation is 1. The van der Waals surface area contributed by atoms with Crippen molar-refractivity contribution in [3.05, 3.63) is 40.7 Å². The molecule has 1 aromatic carbocycles. The molecule has 0 aliphatic heterocycles. The van der Waals surface area contributed by atoms with Gasteiger partial charge in [-0.05, 0) is 38.5 Å². The van der Waals surface area contributed by atoms with E-state index in [4.69, 9.17) is 16.3 Å². The van der Waals surface area contributed by atoms with Crippen LogP contribution >= 0.6 is 23.4 Å². The molecule has 0 aliphatic rings. The van der Waals surface area contributed by atoms with Crippen LogP contribution in [0.25, 0.3) is 0 Å². The molecule has 0 saturated heterocycles. The monoisotopic (exact) mass is 367 g/mol. The molecule has 0 bridgehead atoms. The lowest BCUT2D eigenvalue weighted by Crippen LogP contribution is -2.22. The Labute approximate surface area is 149 Å². The van der Waals surface area contributed by atoms with E-state index in [1.165, 1.54) is 18.0 Å². The molecule has 2 aromatic rings. The second-order valence-electron chi connectivity index (χ2n) is 5.04. The first-order chi connectivity index (χ1) is 11.4. The third kappa shape index (κ3) is 4.75. The van der Waals surface area contributed by atoms with Crippen LogP contribution in [-0.4, -0.2) is 33.7 Å². The van der Waals surface area contributed by atoms with E-state index in [1.54, 1.807) is 26.0 Å². The van der Waals surface area contributed by atoms with Crippen LogP contribution in [0, 0.1) is 6.92 Å². The summed E-state index contributed by atoms with van der Waals surface area (Å²) in [6.45, 7) is 5.67. The van der Waals surface area contributed by atoms with Gasteiger partial charge in [0.05, 0.1) is 18.1 Å². The molecule has 1 atom stereocenters. The Hall–Kier alpha value is -1.99. The highest BCUT2D eigenvalue weighted by molar-refractivity contribution is 8.00. The Bertz CT molecular complexity index is 748. The van der Waals surface area contributed by atoms with Crippen molar-refractivity contribution >= 4 is 40.9 Å². The summed E-state index contributed by atoms with van der Waals surface area (Å²) >= 11 is 7.26. The number of hydrogen-bond acceptors (Lipinski definition) is 5. The van der Waals surface area contributed by atoms with E-state index in [-0.39, 0.29) is 18.2 Å². The number of carbonyl (C=O) groups is 2. The first-order valence-corrected chi connectivity index (χ1v) is 8.62. The van der Waals surface area contributed by atoms with Crippen molar-refractivity contribution in [3.8, 4) is 0 Å². The topological polar surface area (TPSA) is 84.1 Å². The second kappa shape index (κ2) is 8.21. The number of anilines is 1. The lowest BCUT2D eigenvalue weighted by Gasteiger charge is -2.11. The van der Waals surface area contributed by atoms with Crippen molar-refractivity contribution in [2.45, 2.75) is 31.2 Å². The van der Waals surface area contributed by atoms with Crippen molar-refractivity contribution in [3.63, 3.8) is 0 Å². The van der Waals surface area contributed by atoms with Crippen LogP contribution in [0.4, 0.5) is 5.69 Å². The zero-order chi connectivity index (χ0) is 17.7. The Morgan fingerprint density at radius 1 is 1.46 bits per heavy atom. The molecule has 6 nitrogen and oxygen atoms in total. The maximum absolute atomic E-state index is 12.2. The van der Waals surface area contributed by atoms with Crippen LogP contribution in [-0.2, 0) is 9.53 Å². The molecule has 8 heteroatoms. The van der Waals surface area contributed by atoms with Crippen LogP contribution in [0.5, 0.6) is 0 Å². The lowest BCUT2D eigenvalue weighted by molar-refractivity contribution is -0.115. The van der Waals surface area contributed by atoms with Gasteiger partial charge in [-0.25, -0.2) is 9.78 Å². The first kappa shape index (κ1) is 18.4. The van der Waals surface area contributed by atoms with E-state index in [0.29, 0.717) is 15.9 Å². The maximum Gasteiger partial charge on any atom is 0.356 e. The van der Waals surface area contributed by atoms with Gasteiger partial charge in [0, 0.05) is 10.7 Å². The lowest BCUT2D eigenvalue weighted by atomic mass is 10.2. The standard InChI is InChI=1S/C16H18ClN3O3S/c1-4-23-15(22)13-8-18-16(20-13)24-10(3)14(21)19-11-6-5-9(2)12(17)7-11/h5-8,10H,4H2,1-3H3,(H,18,20)(H,19,21). The first-order valence-electron chi connectivity index (χ1n) is 7.36. The minimum absolute atomic E-state index is 0.186. The Morgan fingerprint density at radius 2 is 2.21 bits per heavy atom. The average Bonchev–Trinajstić information content (AvgIpc) is 2.99. The Balaban J connectivity index is 1.96. The van der Waals surface area contributed by atoms with Gasteiger partial charge in [-0.1, -0.05) is 29.4 Å². The molecule has 2 rings (SSSR count). The fourth-order valence-corrected chi connectivity index (χ4v) is 2.77. The van der Waals surface area contributed by atoms with Crippen LogP contribution < -0.4 is 5.32 Å². The van der Waals surface area contributed by atoms with Crippen LogP contribution in [0.15, 0.2) is 29.6 Å². The van der Waals surface area contributed by atoms with E-state index >= 15 is 0 Å². The van der Waals surface area contributed by atoms with Crippen LogP contribution in [0.3, 0.4) is 0 Å². The molecule has 0 fully saturated rings. The molecular formula is C16H18ClN3O3S. The minimum Gasteiger partial charge on any atom is -0.461 e. The number of nitrogens with one attached hydrogen (secondary N) is 2. The quantitative estimate of drug-likeness (QED) is 0.601. The van der Waals surface area contributed by atoms with E-state index in [2.05, 4.69) is 15.3 Å². The summed E-state index contributed by atoms with van der Waals surface area (Å²) in [4.78, 5) is 30.8. The van der Waals surface area contributed by atoms with E-state index in [9.17, 15) is 9.59 Å². The van der Waals surface area contributed by atoms with Crippen LogP contribution in [0.1, 0.15) is 29.9 Å². The molecule has 1 aromatic heterocycles. The van der Waals surface area contributed by atoms with Gasteiger partial charge in [0.2, 0.25) is 5.91 Å². The second-order valence-corrected chi connectivity index (χ2v) is 6.77. The number of nitrogens with zero attached hydrogens (tertiary/aromatic N) is 1. The summed E-state index contributed by atoms with van der Waals surface area (Å²) in [5, 5.41) is 3.46. The zero-order valence-electron chi connectivity index (χ0n) is 13.6. The van der Waals surface area contributed by atoms with Gasteiger partial charge in [0.15, 0.2) is 5.16 Å². The van der Waals surface area contributed by atoms with Gasteiger partial charge >= 0.3 is 5.97 Å². The van der Waals surface area contributed by atoms with Crippen molar-refractivity contribution in [1.29, 1.82) is 0 Å². The SMILES string of the molecule is CCOC(=O)c1cnc(SC(C)C(=O)Nc2ccc(C)c(Cl)c2)[nH]1. The van der Waals surface area contributed by atoms with Gasteiger partial charge in [0.25, 0.3) is 0 Å². The van der Waals surface area contributed by atoms with Crippen molar-refractivity contribution in [1.82, 2.24) is 9.97 Å². The summed E-state index contributed by atoms with van der Waals surface area (Å²) in [5.74, 6) is -0.655. The van der Waals surface area contributed by atoms with Crippen molar-refractivity contribution in [2.75, 3.05) is 11.9 Å². The van der Waals surface area contributed by atoms with E-state index in [0.717, 1.165) is 5.56 Å². The number of imidazole rings is 1. The molecule has 0 spiro atoms. The number of aromatic nitrogens is 2. The summed E-state index contributed by atoms with van der Waals surface area (Å²) in [7, 11) is 0. The molecular weight excluding hydrogens is 350 g/mol. The Kier molecular flexibility index (Phi) is 6.28. The fraction of sp³-hybridized carbons (Fsp3) is 0.312. The molecule has 128 valence electrons. The number of halogens is 1. The Morgan fingerprint density at radius 3 is 2.88 bits per heavy atom. The molecule has 1 unspecified atom stereocenters. The van der Waals surface area contributed by atoms with Crippen molar-refractivity contribution in [2.24, 2.45) is 0 Å². The zero-order valence-corrected chi connectivity index (χ0v) is 15.1. The number of rotatable bonds is 6. The minimum atomic E-state index is -0.469. The molecule has 2 N–H and O–H groups in total.